The lowest BCUT2D eigenvalue weighted by atomic mass is 10.0. The number of nitrogens with one attached hydrogen (secondary N) is 2. The zero-order valence-electron chi connectivity index (χ0n) is 12.8. The molecule has 1 unspecified atom stereocenters. The Kier molecular flexibility index (Phi) is 7.09. The van der Waals surface area contributed by atoms with E-state index in [2.05, 4.69) is 38.3 Å². The van der Waals surface area contributed by atoms with Crippen molar-refractivity contribution in [3.05, 3.63) is 35.9 Å². The van der Waals surface area contributed by atoms with Crippen molar-refractivity contribution in [2.24, 2.45) is 5.92 Å². The molecule has 0 aromatic heterocycles. The van der Waals surface area contributed by atoms with Gasteiger partial charge in [-0.25, -0.2) is 4.79 Å². The summed E-state index contributed by atoms with van der Waals surface area (Å²) in [4.78, 5) is 11.8. The second kappa shape index (κ2) is 8.59. The molecule has 0 fully saturated rings. The average Bonchev–Trinajstić information content (AvgIpc) is 2.41. The Morgan fingerprint density at radius 2 is 1.80 bits per heavy atom. The fourth-order valence-corrected chi connectivity index (χ4v) is 1.73. The first-order chi connectivity index (χ1) is 9.49. The highest BCUT2D eigenvalue weighted by molar-refractivity contribution is 5.67. The number of ether oxygens (including phenoxy) is 1. The van der Waals surface area contributed by atoms with Crippen molar-refractivity contribution >= 4 is 6.09 Å². The molecule has 0 bridgehead atoms. The molecule has 0 heterocycles. The topological polar surface area (TPSA) is 50.4 Å². The summed E-state index contributed by atoms with van der Waals surface area (Å²) in [6, 6.07) is 10.1. The molecule has 0 saturated carbocycles. The van der Waals surface area contributed by atoms with Gasteiger partial charge >= 0.3 is 6.09 Å². The highest BCUT2D eigenvalue weighted by Crippen LogP contribution is 2.04. The zero-order chi connectivity index (χ0) is 15.0. The fourth-order valence-electron chi connectivity index (χ4n) is 1.73. The number of benzene rings is 1. The normalized spacial score (nSPS) is 12.5. The Hall–Kier alpha value is -1.55. The van der Waals surface area contributed by atoms with Gasteiger partial charge in [0.1, 0.15) is 6.61 Å². The molecule has 0 aliphatic heterocycles. The van der Waals surface area contributed by atoms with Gasteiger partial charge in [0.15, 0.2) is 0 Å². The molecule has 20 heavy (non-hydrogen) atoms. The van der Waals surface area contributed by atoms with Crippen LogP contribution in [0.4, 0.5) is 4.79 Å². The van der Waals surface area contributed by atoms with Crippen molar-refractivity contribution in [3.8, 4) is 0 Å². The van der Waals surface area contributed by atoms with Crippen LogP contribution in [0.2, 0.25) is 0 Å². The number of alkyl carbamates (subject to hydrolysis) is 1. The van der Waals surface area contributed by atoms with Crippen molar-refractivity contribution in [1.82, 2.24) is 10.6 Å². The number of carbonyl (C=O) groups is 1. The summed E-state index contributed by atoms with van der Waals surface area (Å²) >= 11 is 0. The van der Waals surface area contributed by atoms with E-state index in [1.807, 2.05) is 30.3 Å². The summed E-state index contributed by atoms with van der Waals surface area (Å²) in [5, 5.41) is 6.25. The summed E-state index contributed by atoms with van der Waals surface area (Å²) in [7, 11) is 0. The van der Waals surface area contributed by atoms with Gasteiger partial charge in [-0.15, -0.1) is 0 Å². The second-order valence-electron chi connectivity index (χ2n) is 5.62. The molecular formula is C16H26N2O2. The van der Waals surface area contributed by atoms with E-state index in [0.29, 0.717) is 18.6 Å². The molecule has 0 aliphatic carbocycles. The van der Waals surface area contributed by atoms with E-state index in [9.17, 15) is 4.79 Å². The van der Waals surface area contributed by atoms with Gasteiger partial charge < -0.3 is 15.4 Å². The minimum Gasteiger partial charge on any atom is -0.445 e. The summed E-state index contributed by atoms with van der Waals surface area (Å²) in [5.41, 5.74) is 0.990. The molecule has 2 N–H and O–H groups in total. The first-order valence-electron chi connectivity index (χ1n) is 7.19. The molecule has 0 aliphatic rings. The van der Waals surface area contributed by atoms with Gasteiger partial charge in [0.05, 0.1) is 0 Å². The van der Waals surface area contributed by atoms with Crippen LogP contribution in [0.25, 0.3) is 0 Å². The Labute approximate surface area is 121 Å². The number of hydrogen-bond donors (Lipinski definition) is 2. The predicted octanol–water partition coefficient (Wildman–Crippen LogP) is 2.94. The minimum absolute atomic E-state index is 0.0701. The van der Waals surface area contributed by atoms with Crippen LogP contribution in [0.3, 0.4) is 0 Å². The largest absolute Gasteiger partial charge is 0.445 e. The molecular weight excluding hydrogens is 252 g/mol. The monoisotopic (exact) mass is 278 g/mol. The van der Waals surface area contributed by atoms with Gasteiger partial charge in [0.25, 0.3) is 0 Å². The summed E-state index contributed by atoms with van der Waals surface area (Å²) in [5.74, 6) is 0.352. The van der Waals surface area contributed by atoms with E-state index in [0.717, 1.165) is 12.1 Å². The highest BCUT2D eigenvalue weighted by Gasteiger charge is 2.17. The molecule has 0 spiro atoms. The summed E-state index contributed by atoms with van der Waals surface area (Å²) in [6.07, 6.45) is -0.363. The third-order valence-corrected chi connectivity index (χ3v) is 3.07. The summed E-state index contributed by atoms with van der Waals surface area (Å²) in [6.45, 7) is 9.40. The van der Waals surface area contributed by atoms with Crippen LogP contribution < -0.4 is 10.6 Å². The Morgan fingerprint density at radius 3 is 2.35 bits per heavy atom. The highest BCUT2D eigenvalue weighted by atomic mass is 16.5. The van der Waals surface area contributed by atoms with Gasteiger partial charge in [-0.3, -0.25) is 0 Å². The van der Waals surface area contributed by atoms with Crippen LogP contribution in [0.1, 0.15) is 33.3 Å². The van der Waals surface area contributed by atoms with Crippen LogP contribution in [0.5, 0.6) is 0 Å². The smallest absolute Gasteiger partial charge is 0.407 e. The molecule has 1 aromatic carbocycles. The maximum atomic E-state index is 11.8. The van der Waals surface area contributed by atoms with Crippen molar-refractivity contribution in [1.29, 1.82) is 0 Å². The Balaban J connectivity index is 2.38. The van der Waals surface area contributed by atoms with Crippen LogP contribution in [0.15, 0.2) is 30.3 Å². The van der Waals surface area contributed by atoms with E-state index >= 15 is 0 Å². The van der Waals surface area contributed by atoms with Gasteiger partial charge in [-0.1, -0.05) is 58.0 Å². The molecule has 1 amide bonds. The molecule has 4 heteroatoms. The van der Waals surface area contributed by atoms with Crippen LogP contribution >= 0.6 is 0 Å². The second-order valence-corrected chi connectivity index (χ2v) is 5.62. The lowest BCUT2D eigenvalue weighted by molar-refractivity contribution is 0.132. The van der Waals surface area contributed by atoms with Crippen molar-refractivity contribution in [2.45, 2.75) is 46.4 Å². The maximum Gasteiger partial charge on any atom is 0.407 e. The zero-order valence-corrected chi connectivity index (χ0v) is 12.8. The number of amides is 1. The van der Waals surface area contributed by atoms with Crippen molar-refractivity contribution < 1.29 is 9.53 Å². The third-order valence-electron chi connectivity index (χ3n) is 3.07. The molecule has 4 nitrogen and oxygen atoms in total. The van der Waals surface area contributed by atoms with Crippen LogP contribution in [0, 0.1) is 5.92 Å². The Bertz CT molecular complexity index is 391. The van der Waals surface area contributed by atoms with E-state index in [4.69, 9.17) is 4.74 Å². The first-order valence-corrected chi connectivity index (χ1v) is 7.19. The van der Waals surface area contributed by atoms with E-state index in [1.165, 1.54) is 0 Å². The lowest BCUT2D eigenvalue weighted by Crippen LogP contribution is -2.46. The van der Waals surface area contributed by atoms with E-state index in [-0.39, 0.29) is 12.1 Å². The SMILES string of the molecule is CC(C)NCC(NC(=O)OCc1ccccc1)C(C)C. The molecule has 112 valence electrons. The first kappa shape index (κ1) is 16.5. The van der Waals surface area contributed by atoms with Crippen LogP contribution in [-0.4, -0.2) is 24.7 Å². The Morgan fingerprint density at radius 1 is 1.15 bits per heavy atom. The van der Waals surface area contributed by atoms with Crippen molar-refractivity contribution in [2.75, 3.05) is 6.54 Å². The van der Waals surface area contributed by atoms with Crippen LogP contribution in [-0.2, 0) is 11.3 Å². The predicted molar refractivity (Wildman–Crippen MR) is 81.5 cm³/mol. The molecule has 0 saturated heterocycles. The van der Waals surface area contributed by atoms with Gasteiger partial charge in [-0.05, 0) is 11.5 Å². The summed E-state index contributed by atoms with van der Waals surface area (Å²) < 4.78 is 5.24. The third kappa shape index (κ3) is 6.57. The fraction of sp³-hybridized carbons (Fsp3) is 0.562. The van der Waals surface area contributed by atoms with E-state index in [1.54, 1.807) is 0 Å². The quantitative estimate of drug-likeness (QED) is 0.806. The maximum absolute atomic E-state index is 11.8. The molecule has 1 rings (SSSR count). The molecule has 1 aromatic rings. The minimum atomic E-state index is -0.363. The lowest BCUT2D eigenvalue weighted by Gasteiger charge is -2.23. The van der Waals surface area contributed by atoms with Gasteiger partial charge in [0, 0.05) is 18.6 Å². The number of hydrogen-bond acceptors (Lipinski definition) is 3. The molecule has 0 radical (unpaired) electrons. The number of carbonyl (C=O) groups excluding carboxylic acids is 1. The van der Waals surface area contributed by atoms with E-state index < -0.39 is 0 Å². The number of rotatable bonds is 7. The molecule has 1 atom stereocenters. The van der Waals surface area contributed by atoms with Crippen molar-refractivity contribution in [3.63, 3.8) is 0 Å². The van der Waals surface area contributed by atoms with Gasteiger partial charge in [0.2, 0.25) is 0 Å². The average molecular weight is 278 g/mol. The standard InChI is InChI=1S/C16H26N2O2/c1-12(2)15(10-17-13(3)4)18-16(19)20-11-14-8-6-5-7-9-14/h5-9,12-13,15,17H,10-11H2,1-4H3,(H,18,19). The van der Waals surface area contributed by atoms with Gasteiger partial charge in [-0.2, -0.15) is 0 Å².